The van der Waals surface area contributed by atoms with Crippen molar-refractivity contribution < 1.29 is 27.0 Å². The summed E-state index contributed by atoms with van der Waals surface area (Å²) in [4.78, 5) is 0. The summed E-state index contributed by atoms with van der Waals surface area (Å²) in [6.45, 7) is 2.29. The van der Waals surface area contributed by atoms with Crippen molar-refractivity contribution in [2.45, 2.75) is 31.5 Å². The van der Waals surface area contributed by atoms with Crippen molar-refractivity contribution in [3.63, 3.8) is 0 Å². The molecule has 0 saturated carbocycles. The number of benzene rings is 1. The number of nitrogens with two attached hydrogens (primary N) is 1. The molecule has 2 N–H and O–H groups in total. The topological polar surface area (TPSA) is 44.5 Å². The van der Waals surface area contributed by atoms with Crippen LogP contribution in [0.25, 0.3) is 0 Å². The van der Waals surface area contributed by atoms with Crippen LogP contribution in [0.3, 0.4) is 0 Å². The van der Waals surface area contributed by atoms with Gasteiger partial charge in [-0.15, -0.1) is 0 Å². The van der Waals surface area contributed by atoms with E-state index in [4.69, 9.17) is 5.73 Å². The Morgan fingerprint density at radius 2 is 1.68 bits per heavy atom. The van der Waals surface area contributed by atoms with Gasteiger partial charge in [-0.05, 0) is 36.6 Å². The van der Waals surface area contributed by atoms with Crippen LogP contribution >= 0.6 is 0 Å². The minimum absolute atomic E-state index is 0.00922. The molecular formula is C12H13F4NO2. The highest BCUT2D eigenvalue weighted by atomic mass is 19.3. The van der Waals surface area contributed by atoms with Crippen LogP contribution < -0.4 is 15.2 Å². The van der Waals surface area contributed by atoms with E-state index in [1.807, 2.05) is 6.92 Å². The molecule has 1 heterocycles. The molecule has 0 spiro atoms. The van der Waals surface area contributed by atoms with Crippen molar-refractivity contribution in [3.05, 3.63) is 23.8 Å². The number of ether oxygens (including phenoxy) is 2. The summed E-state index contributed by atoms with van der Waals surface area (Å²) in [6, 6.07) is 4.00. The van der Waals surface area contributed by atoms with Gasteiger partial charge in [-0.1, -0.05) is 13.0 Å². The fraction of sp³-hybridized carbons (Fsp3) is 0.500. The molecule has 0 fully saturated rings. The van der Waals surface area contributed by atoms with Crippen molar-refractivity contribution in [2.75, 3.05) is 6.54 Å². The first-order chi connectivity index (χ1) is 8.77. The highest BCUT2D eigenvalue weighted by Gasteiger charge is 2.65. The Kier molecular flexibility index (Phi) is 3.34. The lowest BCUT2D eigenvalue weighted by molar-refractivity contribution is -0.391. The zero-order valence-corrected chi connectivity index (χ0v) is 10.1. The molecule has 1 atom stereocenters. The second kappa shape index (κ2) is 4.56. The van der Waals surface area contributed by atoms with E-state index in [-0.39, 0.29) is 5.92 Å². The van der Waals surface area contributed by atoms with E-state index < -0.39 is 23.7 Å². The van der Waals surface area contributed by atoms with E-state index in [0.717, 1.165) is 0 Å². The molecule has 1 aromatic rings. The van der Waals surface area contributed by atoms with Crippen LogP contribution in [-0.4, -0.2) is 18.8 Å². The number of hydrogen-bond acceptors (Lipinski definition) is 3. The first-order valence-electron chi connectivity index (χ1n) is 5.74. The highest BCUT2D eigenvalue weighted by Crippen LogP contribution is 2.47. The number of fused-ring (bicyclic) bond motifs is 1. The van der Waals surface area contributed by atoms with Gasteiger partial charge in [0.25, 0.3) is 0 Å². The molecule has 1 aromatic carbocycles. The van der Waals surface area contributed by atoms with Gasteiger partial charge in [0.2, 0.25) is 0 Å². The Balaban J connectivity index is 2.33. The summed E-state index contributed by atoms with van der Waals surface area (Å²) in [5, 5.41) is 0. The number of halogens is 4. The standard InChI is InChI=1S/C12H13F4NO2/c1-7(4-5-17)8-2-3-9-10(6-8)19-12(15,16)11(13,14)18-9/h2-3,6-7H,4-5,17H2,1H3. The minimum Gasteiger partial charge on any atom is -0.421 e. The predicted octanol–water partition coefficient (Wildman–Crippen LogP) is 3.10. The Hall–Kier alpha value is -1.50. The van der Waals surface area contributed by atoms with E-state index in [0.29, 0.717) is 18.5 Å². The second-order valence-corrected chi connectivity index (χ2v) is 4.42. The average Bonchev–Trinajstić information content (AvgIpc) is 2.29. The van der Waals surface area contributed by atoms with Gasteiger partial charge in [0, 0.05) is 0 Å². The molecule has 19 heavy (non-hydrogen) atoms. The highest BCUT2D eigenvalue weighted by molar-refractivity contribution is 5.45. The lowest BCUT2D eigenvalue weighted by Crippen LogP contribution is -2.52. The number of alkyl halides is 4. The molecule has 0 amide bonds. The van der Waals surface area contributed by atoms with Gasteiger partial charge in [-0.25, -0.2) is 0 Å². The van der Waals surface area contributed by atoms with Crippen LogP contribution in [0.1, 0.15) is 24.8 Å². The molecule has 1 unspecified atom stereocenters. The zero-order chi connectivity index (χ0) is 14.3. The Morgan fingerprint density at radius 3 is 2.26 bits per heavy atom. The van der Waals surface area contributed by atoms with Gasteiger partial charge in [0.15, 0.2) is 11.5 Å². The smallest absolute Gasteiger partial charge is 0.421 e. The van der Waals surface area contributed by atoms with Crippen LogP contribution in [0.2, 0.25) is 0 Å². The van der Waals surface area contributed by atoms with Crippen LogP contribution in [0.4, 0.5) is 17.6 Å². The third-order valence-corrected chi connectivity index (χ3v) is 2.95. The first kappa shape index (κ1) is 13.9. The molecule has 1 aliphatic rings. The molecule has 0 aliphatic carbocycles. The molecular weight excluding hydrogens is 266 g/mol. The number of rotatable bonds is 3. The predicted molar refractivity (Wildman–Crippen MR) is 59.7 cm³/mol. The fourth-order valence-corrected chi connectivity index (χ4v) is 1.81. The summed E-state index contributed by atoms with van der Waals surface area (Å²) in [6.07, 6.45) is -8.72. The Labute approximate surface area is 107 Å². The van der Waals surface area contributed by atoms with E-state index in [9.17, 15) is 17.6 Å². The van der Waals surface area contributed by atoms with Gasteiger partial charge in [0.05, 0.1) is 0 Å². The van der Waals surface area contributed by atoms with Gasteiger partial charge >= 0.3 is 12.2 Å². The molecule has 0 saturated heterocycles. The summed E-state index contributed by atoms with van der Waals surface area (Å²) in [5.41, 5.74) is 6.08. The normalized spacial score (nSPS) is 20.9. The molecule has 2 rings (SSSR count). The third-order valence-electron chi connectivity index (χ3n) is 2.95. The minimum atomic E-state index is -4.68. The SMILES string of the molecule is CC(CCN)c1ccc2c(c1)OC(F)(F)C(F)(F)O2. The molecule has 1 aliphatic heterocycles. The largest absolute Gasteiger partial charge is 0.507 e. The summed E-state index contributed by atoms with van der Waals surface area (Å²) < 4.78 is 60.0. The molecule has 106 valence electrons. The van der Waals surface area contributed by atoms with Crippen LogP contribution in [0.15, 0.2) is 18.2 Å². The molecule has 0 radical (unpaired) electrons. The van der Waals surface area contributed by atoms with E-state index in [2.05, 4.69) is 9.47 Å². The van der Waals surface area contributed by atoms with Gasteiger partial charge in [0.1, 0.15) is 0 Å². The van der Waals surface area contributed by atoms with Gasteiger partial charge in [-0.3, -0.25) is 0 Å². The fourth-order valence-electron chi connectivity index (χ4n) is 1.81. The summed E-state index contributed by atoms with van der Waals surface area (Å²) in [5.74, 6) is -0.785. The molecule has 0 bridgehead atoms. The quantitative estimate of drug-likeness (QED) is 0.865. The maximum Gasteiger partial charge on any atom is 0.507 e. The van der Waals surface area contributed by atoms with Crippen molar-refractivity contribution >= 4 is 0 Å². The summed E-state index contributed by atoms with van der Waals surface area (Å²) in [7, 11) is 0. The molecule has 0 aromatic heterocycles. The average molecular weight is 279 g/mol. The van der Waals surface area contributed by atoms with Crippen molar-refractivity contribution in [3.8, 4) is 11.5 Å². The first-order valence-corrected chi connectivity index (χ1v) is 5.74. The lowest BCUT2D eigenvalue weighted by Gasteiger charge is -2.32. The van der Waals surface area contributed by atoms with E-state index >= 15 is 0 Å². The Morgan fingerprint density at radius 1 is 1.11 bits per heavy atom. The van der Waals surface area contributed by atoms with Crippen LogP contribution in [0, 0.1) is 0 Å². The van der Waals surface area contributed by atoms with E-state index in [1.54, 1.807) is 0 Å². The van der Waals surface area contributed by atoms with Crippen LogP contribution in [0.5, 0.6) is 11.5 Å². The maximum absolute atomic E-state index is 13.0. The van der Waals surface area contributed by atoms with Gasteiger partial charge in [-0.2, -0.15) is 17.6 Å². The molecule has 3 nitrogen and oxygen atoms in total. The lowest BCUT2D eigenvalue weighted by atomic mass is 9.97. The zero-order valence-electron chi connectivity index (χ0n) is 10.1. The summed E-state index contributed by atoms with van der Waals surface area (Å²) >= 11 is 0. The Bertz CT molecular complexity index is 479. The maximum atomic E-state index is 13.0. The van der Waals surface area contributed by atoms with Crippen molar-refractivity contribution in [1.29, 1.82) is 0 Å². The van der Waals surface area contributed by atoms with E-state index in [1.165, 1.54) is 18.2 Å². The van der Waals surface area contributed by atoms with Crippen molar-refractivity contribution in [1.82, 2.24) is 0 Å². The van der Waals surface area contributed by atoms with Crippen molar-refractivity contribution in [2.24, 2.45) is 5.73 Å². The second-order valence-electron chi connectivity index (χ2n) is 4.42. The van der Waals surface area contributed by atoms with Gasteiger partial charge < -0.3 is 15.2 Å². The van der Waals surface area contributed by atoms with Crippen LogP contribution in [-0.2, 0) is 0 Å². The third kappa shape index (κ3) is 2.47. The molecule has 7 heteroatoms. The number of hydrogen-bond donors (Lipinski definition) is 1. The monoisotopic (exact) mass is 279 g/mol.